The van der Waals surface area contributed by atoms with Gasteiger partial charge in [-0.1, -0.05) is 12.1 Å². The molecule has 0 spiro atoms. The van der Waals surface area contributed by atoms with Gasteiger partial charge in [0.25, 0.3) is 0 Å². The molecule has 2 atom stereocenters. The number of hydrogen-bond acceptors (Lipinski definition) is 4. The van der Waals surface area contributed by atoms with E-state index in [9.17, 15) is 0 Å². The van der Waals surface area contributed by atoms with Gasteiger partial charge in [0, 0.05) is 55.7 Å². The summed E-state index contributed by atoms with van der Waals surface area (Å²) in [6.07, 6.45) is 2.31. The van der Waals surface area contributed by atoms with E-state index >= 15 is 0 Å². The van der Waals surface area contributed by atoms with Gasteiger partial charge in [-0.15, -0.1) is 0 Å². The minimum atomic E-state index is 0.450. The van der Waals surface area contributed by atoms with Crippen LogP contribution in [0.5, 0.6) is 11.5 Å². The van der Waals surface area contributed by atoms with E-state index in [-0.39, 0.29) is 0 Å². The quantitative estimate of drug-likeness (QED) is 0.638. The number of hydrogen-bond donors (Lipinski definition) is 0. The molecule has 29 heavy (non-hydrogen) atoms. The Morgan fingerprint density at radius 1 is 1.00 bits per heavy atom. The molecule has 1 aliphatic rings. The molecule has 2 aromatic carbocycles. The summed E-state index contributed by atoms with van der Waals surface area (Å²) in [6.45, 7) is 3.03. The largest absolute Gasteiger partial charge is 0.497 e. The molecule has 0 radical (unpaired) electrons. The van der Waals surface area contributed by atoms with Crippen molar-refractivity contribution in [3.63, 3.8) is 0 Å². The van der Waals surface area contributed by atoms with Gasteiger partial charge >= 0.3 is 0 Å². The van der Waals surface area contributed by atoms with Gasteiger partial charge in [0.15, 0.2) is 0 Å². The number of rotatable bonds is 6. The van der Waals surface area contributed by atoms with Crippen molar-refractivity contribution in [1.82, 2.24) is 14.4 Å². The molecule has 154 valence electrons. The average molecular weight is 394 g/mol. The second-order valence-electron chi connectivity index (χ2n) is 8.26. The molecule has 0 unspecified atom stereocenters. The summed E-state index contributed by atoms with van der Waals surface area (Å²) in [5.41, 5.74) is 3.96. The highest BCUT2D eigenvalue weighted by Gasteiger charge is 2.36. The third-order valence-corrected chi connectivity index (χ3v) is 6.20. The van der Waals surface area contributed by atoms with E-state index in [0.717, 1.165) is 31.1 Å². The van der Waals surface area contributed by atoms with Gasteiger partial charge in [0.1, 0.15) is 11.5 Å². The van der Waals surface area contributed by atoms with Gasteiger partial charge < -0.3 is 18.9 Å². The molecular weight excluding hydrogens is 362 g/mol. The fraction of sp³-hybridized carbons (Fsp3) is 0.417. The Kier molecular flexibility index (Phi) is 5.52. The number of aromatic nitrogens is 1. The van der Waals surface area contributed by atoms with Gasteiger partial charge in [0.2, 0.25) is 0 Å². The molecule has 5 nitrogen and oxygen atoms in total. The molecule has 1 saturated heterocycles. The van der Waals surface area contributed by atoms with E-state index in [1.807, 2.05) is 12.1 Å². The zero-order valence-corrected chi connectivity index (χ0v) is 18.1. The van der Waals surface area contributed by atoms with Crippen LogP contribution in [-0.4, -0.2) is 61.8 Å². The number of ether oxygens (including phenoxy) is 2. The summed E-state index contributed by atoms with van der Waals surface area (Å²) in [7, 11) is 9.97. The van der Waals surface area contributed by atoms with Crippen LogP contribution in [0.4, 0.5) is 0 Å². The van der Waals surface area contributed by atoms with Crippen molar-refractivity contribution >= 4 is 10.9 Å². The van der Waals surface area contributed by atoms with E-state index in [2.05, 4.69) is 72.0 Å². The fourth-order valence-electron chi connectivity index (χ4n) is 4.68. The molecule has 0 amide bonds. The standard InChI is InChI=1S/C24H31N3O2/c1-25(2)24-16-27(13-17-7-6-8-18(11-17)28-4)15-22(24)21-14-26(3)23-10-9-19(29-5)12-20(21)23/h6-12,14,22,24H,13,15-16H2,1-5H3/t22-,24+/m0/s1. The summed E-state index contributed by atoms with van der Waals surface area (Å²) in [5.74, 6) is 2.28. The van der Waals surface area contributed by atoms with Gasteiger partial charge in [-0.2, -0.15) is 0 Å². The molecule has 0 saturated carbocycles. The van der Waals surface area contributed by atoms with E-state index in [1.165, 1.54) is 22.0 Å². The van der Waals surface area contributed by atoms with Crippen molar-refractivity contribution in [3.05, 3.63) is 59.8 Å². The summed E-state index contributed by atoms with van der Waals surface area (Å²) in [5, 5.41) is 1.30. The van der Waals surface area contributed by atoms with Crippen molar-refractivity contribution in [2.45, 2.75) is 18.5 Å². The molecule has 1 fully saturated rings. The number of likely N-dealkylation sites (N-methyl/N-ethyl adjacent to an activating group) is 1. The molecule has 5 heteroatoms. The number of likely N-dealkylation sites (tertiary alicyclic amines) is 1. The molecule has 0 aliphatic carbocycles. The van der Waals surface area contributed by atoms with Crippen LogP contribution < -0.4 is 9.47 Å². The molecule has 0 N–H and O–H groups in total. The Balaban J connectivity index is 1.65. The lowest BCUT2D eigenvalue weighted by molar-refractivity contribution is 0.259. The van der Waals surface area contributed by atoms with E-state index in [1.54, 1.807) is 14.2 Å². The zero-order chi connectivity index (χ0) is 20.5. The molecule has 0 bridgehead atoms. The van der Waals surface area contributed by atoms with E-state index < -0.39 is 0 Å². The van der Waals surface area contributed by atoms with E-state index in [4.69, 9.17) is 9.47 Å². The predicted octanol–water partition coefficient (Wildman–Crippen LogP) is 3.73. The topological polar surface area (TPSA) is 29.9 Å². The van der Waals surface area contributed by atoms with Crippen molar-refractivity contribution in [1.29, 1.82) is 0 Å². The normalized spacial score (nSPS) is 19.9. The highest BCUT2D eigenvalue weighted by atomic mass is 16.5. The number of benzene rings is 2. The molecule has 2 heterocycles. The number of fused-ring (bicyclic) bond motifs is 1. The van der Waals surface area contributed by atoms with Gasteiger partial charge in [0.05, 0.1) is 14.2 Å². The maximum Gasteiger partial charge on any atom is 0.119 e. The smallest absolute Gasteiger partial charge is 0.119 e. The van der Waals surface area contributed by atoms with Crippen molar-refractivity contribution in [2.75, 3.05) is 41.4 Å². The maximum atomic E-state index is 5.50. The lowest BCUT2D eigenvalue weighted by atomic mass is 9.93. The molecule has 3 aromatic rings. The summed E-state index contributed by atoms with van der Waals surface area (Å²) < 4.78 is 13.1. The zero-order valence-electron chi connectivity index (χ0n) is 18.1. The summed E-state index contributed by atoms with van der Waals surface area (Å²) >= 11 is 0. The highest BCUT2D eigenvalue weighted by molar-refractivity contribution is 5.86. The third kappa shape index (κ3) is 3.85. The van der Waals surface area contributed by atoms with E-state index in [0.29, 0.717) is 12.0 Å². The third-order valence-electron chi connectivity index (χ3n) is 6.20. The highest BCUT2D eigenvalue weighted by Crippen LogP contribution is 2.37. The Morgan fingerprint density at radius 2 is 1.76 bits per heavy atom. The summed E-state index contributed by atoms with van der Waals surface area (Å²) in [6, 6.07) is 15.2. The second kappa shape index (κ2) is 8.09. The van der Waals surface area contributed by atoms with Crippen LogP contribution in [0, 0.1) is 0 Å². The lowest BCUT2D eigenvalue weighted by Crippen LogP contribution is -2.34. The molecule has 1 aromatic heterocycles. The fourth-order valence-corrected chi connectivity index (χ4v) is 4.68. The van der Waals surface area contributed by atoms with Crippen LogP contribution in [0.1, 0.15) is 17.0 Å². The van der Waals surface area contributed by atoms with Crippen molar-refractivity contribution in [2.24, 2.45) is 7.05 Å². The number of nitrogens with zero attached hydrogens (tertiary/aromatic N) is 3. The summed E-state index contributed by atoms with van der Waals surface area (Å²) in [4.78, 5) is 4.93. The molecular formula is C24H31N3O2. The predicted molar refractivity (Wildman–Crippen MR) is 118 cm³/mol. The van der Waals surface area contributed by atoms with Crippen LogP contribution in [0.3, 0.4) is 0 Å². The molecule has 4 rings (SSSR count). The minimum Gasteiger partial charge on any atom is -0.497 e. The lowest BCUT2D eigenvalue weighted by Gasteiger charge is -2.25. The van der Waals surface area contributed by atoms with Crippen LogP contribution in [-0.2, 0) is 13.6 Å². The number of methoxy groups -OCH3 is 2. The second-order valence-corrected chi connectivity index (χ2v) is 8.26. The Hall–Kier alpha value is -2.50. The SMILES string of the molecule is COc1cccc(CN2C[C@@H](N(C)C)[C@H](c3cn(C)c4ccc(OC)cc34)C2)c1. The Labute approximate surface area is 173 Å². The van der Waals surface area contributed by atoms with Crippen LogP contribution in [0.25, 0.3) is 10.9 Å². The van der Waals surface area contributed by atoms with Gasteiger partial charge in [-0.3, -0.25) is 4.90 Å². The van der Waals surface area contributed by atoms with Crippen molar-refractivity contribution < 1.29 is 9.47 Å². The average Bonchev–Trinajstić information content (AvgIpc) is 3.29. The Morgan fingerprint density at radius 3 is 2.48 bits per heavy atom. The first kappa shape index (κ1) is 19.8. The van der Waals surface area contributed by atoms with Gasteiger partial charge in [-0.25, -0.2) is 0 Å². The monoisotopic (exact) mass is 393 g/mol. The van der Waals surface area contributed by atoms with Gasteiger partial charge in [-0.05, 0) is 55.6 Å². The van der Waals surface area contributed by atoms with Crippen LogP contribution in [0.15, 0.2) is 48.7 Å². The van der Waals surface area contributed by atoms with Crippen molar-refractivity contribution in [3.8, 4) is 11.5 Å². The minimum absolute atomic E-state index is 0.450. The maximum absolute atomic E-state index is 5.50. The molecule has 1 aliphatic heterocycles. The first-order valence-electron chi connectivity index (χ1n) is 10.1. The van der Waals surface area contributed by atoms with Crippen LogP contribution >= 0.6 is 0 Å². The Bertz CT molecular complexity index is 995. The number of aryl methyl sites for hydroxylation is 1. The van der Waals surface area contributed by atoms with Crippen LogP contribution in [0.2, 0.25) is 0 Å². The first-order valence-corrected chi connectivity index (χ1v) is 10.1. The first-order chi connectivity index (χ1) is 14.0.